The zero-order valence-electron chi connectivity index (χ0n) is 20.2. The van der Waals surface area contributed by atoms with Crippen molar-refractivity contribution in [2.24, 2.45) is 5.73 Å². The van der Waals surface area contributed by atoms with E-state index in [0.717, 1.165) is 25.6 Å². The first kappa shape index (κ1) is 31.9. The maximum atomic E-state index is 11.9. The number of phosphoric acid groups is 3. The highest BCUT2D eigenvalue weighted by Crippen LogP contribution is 2.58. The van der Waals surface area contributed by atoms with Crippen LogP contribution in [0.3, 0.4) is 0 Å². The first-order valence-corrected chi connectivity index (χ1v) is 15.9. The molecule has 20 nitrogen and oxygen atoms in total. The molecule has 1 aliphatic rings. The molecule has 3 rings (SSSR count). The van der Waals surface area contributed by atoms with Crippen molar-refractivity contribution in [1.29, 1.82) is 0 Å². The van der Waals surface area contributed by atoms with Crippen LogP contribution in [0.2, 0.25) is 0 Å². The van der Waals surface area contributed by atoms with Gasteiger partial charge in [0, 0.05) is 6.54 Å². The van der Waals surface area contributed by atoms with Crippen LogP contribution in [0.5, 0.6) is 0 Å². The SMILES string of the molecule is NCCCCCCNc1nc2c(N)ncnc2n1[C@@H]1O[C@H](COP(=O)(O)OP(=O)(O)O)[C@@H](O)[C@H]1OP(=O)(O)O. The molecule has 3 heterocycles. The molecule has 0 radical (unpaired) electrons. The van der Waals surface area contributed by atoms with Gasteiger partial charge in [-0.25, -0.2) is 28.6 Å². The fourth-order valence-corrected chi connectivity index (χ4v) is 5.92. The predicted octanol–water partition coefficient (Wildman–Crippen LogP) is -0.698. The highest BCUT2D eigenvalue weighted by atomic mass is 31.3. The van der Waals surface area contributed by atoms with Crippen molar-refractivity contribution in [1.82, 2.24) is 19.5 Å². The molecule has 1 saturated heterocycles. The number of hydrogen-bond donors (Lipinski definition) is 9. The van der Waals surface area contributed by atoms with Gasteiger partial charge in [0.15, 0.2) is 23.2 Å². The van der Waals surface area contributed by atoms with Gasteiger partial charge in [-0.1, -0.05) is 12.8 Å². The van der Waals surface area contributed by atoms with E-state index >= 15 is 0 Å². The number of aromatic nitrogens is 4. The summed E-state index contributed by atoms with van der Waals surface area (Å²) in [7, 11) is -16.0. The molecule has 1 aliphatic heterocycles. The number of hydrogen-bond acceptors (Lipinski definition) is 14. The number of aliphatic hydroxyl groups excluding tert-OH is 1. The van der Waals surface area contributed by atoms with Crippen molar-refractivity contribution >= 4 is 46.4 Å². The lowest BCUT2D eigenvalue weighted by Gasteiger charge is -2.23. The Labute approximate surface area is 220 Å². The van der Waals surface area contributed by atoms with E-state index in [0.29, 0.717) is 19.5 Å². The molecule has 1 fully saturated rings. The van der Waals surface area contributed by atoms with Gasteiger partial charge in [0.1, 0.15) is 24.6 Å². The van der Waals surface area contributed by atoms with Crippen LogP contribution in [0.15, 0.2) is 6.33 Å². The van der Waals surface area contributed by atoms with Crippen molar-refractivity contribution in [2.45, 2.75) is 50.2 Å². The van der Waals surface area contributed by atoms with Gasteiger partial charge in [0.05, 0.1) is 6.61 Å². The Hall–Kier alpha value is -1.60. The summed E-state index contributed by atoms with van der Waals surface area (Å²) in [6, 6.07) is 0. The van der Waals surface area contributed by atoms with Gasteiger partial charge in [0.25, 0.3) is 0 Å². The molecule has 23 heteroatoms. The van der Waals surface area contributed by atoms with Gasteiger partial charge in [-0.05, 0) is 19.4 Å². The van der Waals surface area contributed by atoms with E-state index < -0.39 is 54.6 Å². The van der Waals surface area contributed by atoms with E-state index in [1.807, 2.05) is 0 Å². The van der Waals surface area contributed by atoms with E-state index in [-0.39, 0.29) is 22.9 Å². The maximum Gasteiger partial charge on any atom is 0.481 e. The van der Waals surface area contributed by atoms with E-state index in [9.17, 15) is 33.5 Å². The van der Waals surface area contributed by atoms with Gasteiger partial charge in [-0.2, -0.15) is 4.31 Å². The third-order valence-electron chi connectivity index (χ3n) is 5.36. The number of fused-ring (bicyclic) bond motifs is 1. The first-order chi connectivity index (χ1) is 18.1. The minimum atomic E-state index is -5.44. The minimum absolute atomic E-state index is 0.0314. The standard InChI is InChI=1S/C16H30N7O13P3/c17-5-3-1-2-4-6-19-16-22-10-13(18)20-8-21-14(10)23(16)15-12(35-37(25,26)27)11(24)9(34-15)7-33-39(31,32)36-38(28,29)30/h8-9,11-12,15,24H,1-7,17H2,(H,19,22)(H,31,32)(H2,18,20,21)(H2,25,26,27)(H2,28,29,30)/t9-,11-,12-,15-/m1/s1. The molecule has 0 aromatic carbocycles. The number of anilines is 2. The first-order valence-electron chi connectivity index (χ1n) is 11.4. The number of rotatable bonds is 15. The topological polar surface area (TPSA) is 317 Å². The van der Waals surface area contributed by atoms with Crippen molar-refractivity contribution in [3.63, 3.8) is 0 Å². The van der Waals surface area contributed by atoms with Gasteiger partial charge < -0.3 is 51.1 Å². The van der Waals surface area contributed by atoms with E-state index in [2.05, 4.69) is 29.1 Å². The summed E-state index contributed by atoms with van der Waals surface area (Å²) in [6.45, 7) is -0.0634. The average molecular weight is 621 g/mol. The van der Waals surface area contributed by atoms with Crippen LogP contribution in [0.1, 0.15) is 31.9 Å². The minimum Gasteiger partial charge on any atom is -0.387 e. The Morgan fingerprint density at radius 1 is 1.05 bits per heavy atom. The maximum absolute atomic E-state index is 11.9. The number of aliphatic hydroxyl groups is 1. The van der Waals surface area contributed by atoms with Gasteiger partial charge in [-0.3, -0.25) is 13.6 Å². The van der Waals surface area contributed by atoms with Crippen molar-refractivity contribution in [2.75, 3.05) is 30.7 Å². The lowest BCUT2D eigenvalue weighted by molar-refractivity contribution is -0.0488. The van der Waals surface area contributed by atoms with Crippen LogP contribution >= 0.6 is 23.5 Å². The van der Waals surface area contributed by atoms with E-state index in [1.54, 1.807) is 0 Å². The lowest BCUT2D eigenvalue weighted by atomic mass is 10.1. The van der Waals surface area contributed by atoms with Crippen LogP contribution < -0.4 is 16.8 Å². The Bertz CT molecular complexity index is 1270. The number of nitrogen functional groups attached to an aromatic ring is 1. The monoisotopic (exact) mass is 621 g/mol. The molecule has 0 saturated carbocycles. The second-order valence-electron chi connectivity index (χ2n) is 8.32. The summed E-state index contributed by atoms with van der Waals surface area (Å²) in [5, 5.41) is 13.8. The molecule has 0 aliphatic carbocycles. The second-order valence-corrected chi connectivity index (χ2v) is 12.3. The van der Waals surface area contributed by atoms with E-state index in [4.69, 9.17) is 30.5 Å². The number of phosphoric ester groups is 2. The Morgan fingerprint density at radius 3 is 2.38 bits per heavy atom. The number of ether oxygens (including phenoxy) is 1. The molecular formula is C16H30N7O13P3. The molecule has 0 bridgehead atoms. The fraction of sp³-hybridized carbons (Fsp3) is 0.688. The van der Waals surface area contributed by atoms with Crippen LogP contribution in [0, 0.1) is 0 Å². The quantitative estimate of drug-likeness (QED) is 0.0876. The summed E-state index contributed by atoms with van der Waals surface area (Å²) < 4.78 is 54.4. The number of unbranched alkanes of at least 4 members (excludes halogenated alkanes) is 3. The Kier molecular flexibility index (Phi) is 10.6. The average Bonchev–Trinajstić information content (AvgIpc) is 3.30. The third kappa shape index (κ3) is 8.94. The molecular weight excluding hydrogens is 591 g/mol. The molecule has 5 atom stereocenters. The normalized spacial score (nSPS) is 23.8. The Balaban J connectivity index is 1.92. The Morgan fingerprint density at radius 2 is 1.74 bits per heavy atom. The molecule has 0 amide bonds. The highest BCUT2D eigenvalue weighted by molar-refractivity contribution is 7.60. The summed E-state index contributed by atoms with van der Waals surface area (Å²) in [4.78, 5) is 58.3. The fourth-order valence-electron chi connectivity index (χ4n) is 3.78. The van der Waals surface area contributed by atoms with Crippen molar-refractivity contribution in [3.05, 3.63) is 6.33 Å². The lowest BCUT2D eigenvalue weighted by Crippen LogP contribution is -2.35. The van der Waals surface area contributed by atoms with Crippen LogP contribution in [0.4, 0.5) is 11.8 Å². The molecule has 2 aromatic rings. The molecule has 1 unspecified atom stereocenters. The zero-order valence-corrected chi connectivity index (χ0v) is 22.8. The zero-order chi connectivity index (χ0) is 29.0. The van der Waals surface area contributed by atoms with Crippen LogP contribution in [-0.2, 0) is 31.8 Å². The summed E-state index contributed by atoms with van der Waals surface area (Å²) in [6.07, 6.45) is -2.53. The van der Waals surface area contributed by atoms with Crippen LogP contribution in [-0.4, -0.2) is 87.1 Å². The number of nitrogens with one attached hydrogen (secondary N) is 1. The number of imidazole rings is 1. The van der Waals surface area contributed by atoms with Crippen molar-refractivity contribution in [3.8, 4) is 0 Å². The van der Waals surface area contributed by atoms with Gasteiger partial charge in [0.2, 0.25) is 5.95 Å². The summed E-state index contributed by atoms with van der Waals surface area (Å²) in [5.74, 6) is 0.0261. The van der Waals surface area contributed by atoms with Crippen LogP contribution in [0.25, 0.3) is 11.2 Å². The molecule has 39 heavy (non-hydrogen) atoms. The third-order valence-corrected chi connectivity index (χ3v) is 8.03. The van der Waals surface area contributed by atoms with Crippen molar-refractivity contribution < 1.29 is 61.4 Å². The smallest absolute Gasteiger partial charge is 0.387 e. The van der Waals surface area contributed by atoms with Gasteiger partial charge >= 0.3 is 23.5 Å². The number of nitrogens with zero attached hydrogens (tertiary/aromatic N) is 4. The van der Waals surface area contributed by atoms with Gasteiger partial charge in [-0.15, -0.1) is 0 Å². The van der Waals surface area contributed by atoms with E-state index in [1.165, 1.54) is 4.57 Å². The largest absolute Gasteiger partial charge is 0.481 e. The molecule has 0 spiro atoms. The summed E-state index contributed by atoms with van der Waals surface area (Å²) in [5.41, 5.74) is 11.5. The molecule has 2 aromatic heterocycles. The molecule has 222 valence electrons. The summed E-state index contributed by atoms with van der Waals surface area (Å²) >= 11 is 0. The molecule has 11 N–H and O–H groups in total. The highest BCUT2D eigenvalue weighted by Gasteiger charge is 2.50. The second kappa shape index (κ2) is 12.9. The number of nitrogens with two attached hydrogens (primary N) is 2. The predicted molar refractivity (Wildman–Crippen MR) is 131 cm³/mol.